The van der Waals surface area contributed by atoms with Crippen molar-refractivity contribution in [1.82, 2.24) is 0 Å². The van der Waals surface area contributed by atoms with Crippen LogP contribution in [0, 0.1) is 0 Å². The topological polar surface area (TPSA) is 0 Å². The Labute approximate surface area is 54.2 Å². The highest BCUT2D eigenvalue weighted by atomic mass is 79.9. The molecule has 0 nitrogen and oxygen atoms in total. The Morgan fingerprint density at radius 1 is 1.67 bits per heavy atom. The van der Waals surface area contributed by atoms with Gasteiger partial charge in [0.1, 0.15) is 0 Å². The maximum absolute atomic E-state index is 3.19. The lowest BCUT2D eigenvalue weighted by Gasteiger charge is -1.59. The second-order valence-corrected chi connectivity index (χ2v) is 1.74. The van der Waals surface area contributed by atoms with Gasteiger partial charge >= 0.3 is 0 Å². The van der Waals surface area contributed by atoms with Crippen LogP contribution in [0.2, 0.25) is 0 Å². The molecule has 0 bridgehead atoms. The van der Waals surface area contributed by atoms with Crippen molar-refractivity contribution < 1.29 is 0 Å². The molecule has 0 aromatic heterocycles. The van der Waals surface area contributed by atoms with Gasteiger partial charge in [-0.15, -0.1) is 5.73 Å². The van der Waals surface area contributed by atoms with Crippen LogP contribution in [0.4, 0.5) is 0 Å². The minimum Gasteiger partial charge on any atom is -0.117 e. The third-order valence-electron chi connectivity index (χ3n) is 0.258. The fourth-order valence-electron chi connectivity index (χ4n) is 0.0891. The largest absolute Gasteiger partial charge is 0.117 e. The molecular formula is C4H4Br2. The summed E-state index contributed by atoms with van der Waals surface area (Å²) in [5.74, 6) is 0. The molecule has 0 unspecified atom stereocenters. The first-order chi connectivity index (χ1) is 2.91. The van der Waals surface area contributed by atoms with E-state index in [0.717, 1.165) is 5.33 Å². The summed E-state index contributed by atoms with van der Waals surface area (Å²) in [6.45, 7) is 0. The number of hydrogen-bond acceptors (Lipinski definition) is 0. The second kappa shape index (κ2) is 5.48. The zero-order valence-corrected chi connectivity index (χ0v) is 6.29. The average molecular weight is 212 g/mol. The van der Waals surface area contributed by atoms with Crippen molar-refractivity contribution in [3.05, 3.63) is 16.8 Å². The van der Waals surface area contributed by atoms with Crippen LogP contribution in [0.3, 0.4) is 0 Å². The average Bonchev–Trinajstić information content (AvgIpc) is 1.61. The zero-order valence-electron chi connectivity index (χ0n) is 3.12. The van der Waals surface area contributed by atoms with E-state index in [0.29, 0.717) is 0 Å². The molecule has 0 rings (SSSR count). The maximum atomic E-state index is 3.19. The van der Waals surface area contributed by atoms with E-state index >= 15 is 0 Å². The Morgan fingerprint density at radius 3 is 2.50 bits per heavy atom. The van der Waals surface area contributed by atoms with Gasteiger partial charge in [-0.05, 0) is 6.08 Å². The quantitative estimate of drug-likeness (QED) is 0.462. The number of allylic oxidation sites excluding steroid dienone is 1. The number of hydrogen-bond donors (Lipinski definition) is 0. The molecule has 0 aliphatic heterocycles. The molecule has 0 aromatic rings. The summed E-state index contributed by atoms with van der Waals surface area (Å²) in [5.41, 5.74) is 2.82. The van der Waals surface area contributed by atoms with Gasteiger partial charge in [0.25, 0.3) is 0 Å². The molecular weight excluding hydrogens is 208 g/mol. The van der Waals surface area contributed by atoms with Gasteiger partial charge in [0.15, 0.2) is 0 Å². The molecule has 0 aliphatic rings. The predicted octanol–water partition coefficient (Wildman–Crippen LogP) is 2.45. The molecule has 0 fully saturated rings. The summed E-state index contributed by atoms with van der Waals surface area (Å²) >= 11 is 6.25. The van der Waals surface area contributed by atoms with Gasteiger partial charge in [-0.1, -0.05) is 31.9 Å². The SMILES string of the molecule is BrC=C=CCBr. The van der Waals surface area contributed by atoms with Crippen LogP contribution in [0.1, 0.15) is 0 Å². The lowest BCUT2D eigenvalue weighted by molar-refractivity contribution is 1.84. The molecule has 0 saturated carbocycles. The summed E-state index contributed by atoms with van der Waals surface area (Å²) < 4.78 is 0. The zero-order chi connectivity index (χ0) is 4.83. The Kier molecular flexibility index (Phi) is 5.92. The Hall–Kier alpha value is 0.480. The summed E-state index contributed by atoms with van der Waals surface area (Å²) in [6.07, 6.45) is 1.87. The van der Waals surface area contributed by atoms with Crippen molar-refractivity contribution in [2.24, 2.45) is 0 Å². The molecule has 0 amide bonds. The minimum atomic E-state index is 0.870. The number of alkyl halides is 1. The van der Waals surface area contributed by atoms with E-state index in [-0.39, 0.29) is 0 Å². The van der Waals surface area contributed by atoms with Gasteiger partial charge in [-0.25, -0.2) is 0 Å². The van der Waals surface area contributed by atoms with Gasteiger partial charge in [-0.2, -0.15) is 0 Å². The Morgan fingerprint density at radius 2 is 2.33 bits per heavy atom. The van der Waals surface area contributed by atoms with E-state index in [1.807, 2.05) is 6.08 Å². The van der Waals surface area contributed by atoms with Crippen molar-refractivity contribution in [3.8, 4) is 0 Å². The molecule has 0 aliphatic carbocycles. The van der Waals surface area contributed by atoms with Gasteiger partial charge in [0.05, 0.1) is 0 Å². The first-order valence-electron chi connectivity index (χ1n) is 1.47. The maximum Gasteiger partial charge on any atom is 0.0287 e. The molecule has 6 heavy (non-hydrogen) atoms. The molecule has 0 N–H and O–H groups in total. The van der Waals surface area contributed by atoms with E-state index in [9.17, 15) is 0 Å². The normalized spacial score (nSPS) is 6.33. The standard InChI is InChI=1S/C4H4Br2/c5-3-1-2-4-6/h1,4H,3H2. The predicted molar refractivity (Wildman–Crippen MR) is 35.4 cm³/mol. The molecule has 0 aromatic carbocycles. The van der Waals surface area contributed by atoms with E-state index in [1.54, 1.807) is 4.99 Å². The van der Waals surface area contributed by atoms with Crippen LogP contribution < -0.4 is 0 Å². The van der Waals surface area contributed by atoms with Crippen LogP contribution in [-0.2, 0) is 0 Å². The van der Waals surface area contributed by atoms with Crippen molar-refractivity contribution in [2.45, 2.75) is 0 Å². The molecule has 34 valence electrons. The molecule has 2 heteroatoms. The van der Waals surface area contributed by atoms with Crippen LogP contribution in [0.15, 0.2) is 16.8 Å². The summed E-state index contributed by atoms with van der Waals surface area (Å²) in [4.78, 5) is 1.69. The summed E-state index contributed by atoms with van der Waals surface area (Å²) in [6, 6.07) is 0. The minimum absolute atomic E-state index is 0.870. The van der Waals surface area contributed by atoms with Gasteiger partial charge in [0.2, 0.25) is 0 Å². The third kappa shape index (κ3) is 4.48. The number of rotatable bonds is 1. The lowest BCUT2D eigenvalue weighted by atomic mass is 10.7. The monoisotopic (exact) mass is 210 g/mol. The second-order valence-electron chi connectivity index (χ2n) is 0.634. The van der Waals surface area contributed by atoms with Gasteiger partial charge < -0.3 is 0 Å². The number of halogens is 2. The van der Waals surface area contributed by atoms with Crippen molar-refractivity contribution in [2.75, 3.05) is 5.33 Å². The molecule has 0 atom stereocenters. The Balaban J connectivity index is 3.18. The fourth-order valence-corrected chi connectivity index (χ4v) is 0.463. The van der Waals surface area contributed by atoms with Crippen molar-refractivity contribution in [1.29, 1.82) is 0 Å². The van der Waals surface area contributed by atoms with Crippen molar-refractivity contribution >= 4 is 31.9 Å². The van der Waals surface area contributed by atoms with Crippen LogP contribution in [0.25, 0.3) is 0 Å². The first-order valence-corrected chi connectivity index (χ1v) is 3.51. The highest BCUT2D eigenvalue weighted by Gasteiger charge is 1.54. The third-order valence-corrected chi connectivity index (χ3v) is 0.846. The van der Waals surface area contributed by atoms with Gasteiger partial charge in [-0.3, -0.25) is 0 Å². The molecule has 0 saturated heterocycles. The van der Waals surface area contributed by atoms with Crippen LogP contribution >= 0.6 is 31.9 Å². The van der Waals surface area contributed by atoms with E-state index in [4.69, 9.17) is 0 Å². The summed E-state index contributed by atoms with van der Waals surface area (Å²) in [7, 11) is 0. The molecule has 0 radical (unpaired) electrons. The lowest BCUT2D eigenvalue weighted by Crippen LogP contribution is -1.47. The van der Waals surface area contributed by atoms with Crippen molar-refractivity contribution in [3.63, 3.8) is 0 Å². The highest BCUT2D eigenvalue weighted by molar-refractivity contribution is 9.11. The molecule has 0 heterocycles. The highest BCUT2D eigenvalue weighted by Crippen LogP contribution is 1.81. The van der Waals surface area contributed by atoms with Crippen LogP contribution in [0.5, 0.6) is 0 Å². The smallest absolute Gasteiger partial charge is 0.0287 e. The molecule has 0 spiro atoms. The van der Waals surface area contributed by atoms with E-state index in [1.165, 1.54) is 0 Å². The first kappa shape index (κ1) is 6.48. The van der Waals surface area contributed by atoms with Gasteiger partial charge in [0, 0.05) is 10.3 Å². The summed E-state index contributed by atoms with van der Waals surface area (Å²) in [5, 5.41) is 0.870. The van der Waals surface area contributed by atoms with Crippen LogP contribution in [-0.4, -0.2) is 5.33 Å². The Bertz CT molecular complexity index is 69.6. The van der Waals surface area contributed by atoms with E-state index in [2.05, 4.69) is 37.6 Å². The fraction of sp³-hybridized carbons (Fsp3) is 0.250. The van der Waals surface area contributed by atoms with E-state index < -0.39 is 0 Å².